The van der Waals surface area contributed by atoms with E-state index < -0.39 is 15.1 Å². The highest BCUT2D eigenvalue weighted by atomic mass is 35.5. The quantitative estimate of drug-likeness (QED) is 0.703. The Labute approximate surface area is 183 Å². The third-order valence-corrected chi connectivity index (χ3v) is 7.70. The SMILES string of the molecule is CN(CCNC(=O)N1CCCC(S(=O)(=O)c2cccc(Cl)c2)C1)Cc1ccccc1. The van der Waals surface area contributed by atoms with Crippen LogP contribution >= 0.6 is 11.6 Å². The number of urea groups is 1. The zero-order valence-electron chi connectivity index (χ0n) is 17.1. The summed E-state index contributed by atoms with van der Waals surface area (Å²) in [6, 6.07) is 16.2. The van der Waals surface area contributed by atoms with Crippen molar-refractivity contribution in [2.24, 2.45) is 0 Å². The van der Waals surface area contributed by atoms with Crippen LogP contribution in [0.2, 0.25) is 5.02 Å². The second-order valence-electron chi connectivity index (χ2n) is 7.67. The summed E-state index contributed by atoms with van der Waals surface area (Å²) in [6.45, 7) is 2.78. The highest BCUT2D eigenvalue weighted by molar-refractivity contribution is 7.92. The molecule has 0 radical (unpaired) electrons. The van der Waals surface area contributed by atoms with E-state index >= 15 is 0 Å². The number of nitrogens with zero attached hydrogens (tertiary/aromatic N) is 2. The number of nitrogens with one attached hydrogen (secondary N) is 1. The summed E-state index contributed by atoms with van der Waals surface area (Å²) in [5.41, 5.74) is 1.22. The third-order valence-electron chi connectivity index (χ3n) is 5.29. The van der Waals surface area contributed by atoms with Gasteiger partial charge in [-0.15, -0.1) is 0 Å². The van der Waals surface area contributed by atoms with E-state index in [-0.39, 0.29) is 17.5 Å². The molecule has 2 aromatic rings. The summed E-state index contributed by atoms with van der Waals surface area (Å²) in [5.74, 6) is 0. The Balaban J connectivity index is 1.50. The van der Waals surface area contributed by atoms with Gasteiger partial charge >= 0.3 is 6.03 Å². The molecule has 0 aliphatic carbocycles. The second kappa shape index (κ2) is 10.3. The molecular formula is C22H28ClN3O3S. The first-order valence-electron chi connectivity index (χ1n) is 10.1. The first-order chi connectivity index (χ1) is 14.4. The molecule has 0 saturated carbocycles. The minimum atomic E-state index is -3.53. The second-order valence-corrected chi connectivity index (χ2v) is 10.3. The minimum Gasteiger partial charge on any atom is -0.337 e. The van der Waals surface area contributed by atoms with Gasteiger partial charge in [0, 0.05) is 37.7 Å². The van der Waals surface area contributed by atoms with Gasteiger partial charge in [-0.05, 0) is 43.7 Å². The van der Waals surface area contributed by atoms with Gasteiger partial charge in [0.2, 0.25) is 0 Å². The first kappa shape index (κ1) is 22.6. The van der Waals surface area contributed by atoms with Crippen LogP contribution in [0, 0.1) is 0 Å². The Kier molecular flexibility index (Phi) is 7.75. The van der Waals surface area contributed by atoms with Gasteiger partial charge < -0.3 is 15.1 Å². The minimum absolute atomic E-state index is 0.195. The van der Waals surface area contributed by atoms with Crippen LogP contribution in [0.4, 0.5) is 4.79 Å². The Morgan fingerprint density at radius 1 is 1.20 bits per heavy atom. The molecule has 30 heavy (non-hydrogen) atoms. The lowest BCUT2D eigenvalue weighted by atomic mass is 10.1. The molecule has 162 valence electrons. The van der Waals surface area contributed by atoms with Crippen molar-refractivity contribution in [3.63, 3.8) is 0 Å². The lowest BCUT2D eigenvalue weighted by Gasteiger charge is -2.32. The maximum atomic E-state index is 13.0. The molecule has 3 rings (SSSR count). The summed E-state index contributed by atoms with van der Waals surface area (Å²) in [7, 11) is -1.53. The normalized spacial score (nSPS) is 17.2. The zero-order chi connectivity index (χ0) is 21.6. The fourth-order valence-corrected chi connectivity index (χ4v) is 5.70. The smallest absolute Gasteiger partial charge is 0.317 e. The van der Waals surface area contributed by atoms with Crippen molar-refractivity contribution in [3.05, 3.63) is 65.2 Å². The van der Waals surface area contributed by atoms with Gasteiger partial charge in [0.05, 0.1) is 10.1 Å². The highest BCUT2D eigenvalue weighted by Crippen LogP contribution is 2.25. The molecule has 0 spiro atoms. The van der Waals surface area contributed by atoms with Gasteiger partial charge in [0.25, 0.3) is 0 Å². The standard InChI is InChI=1S/C22H28ClN3O3S/c1-25(16-18-7-3-2-4-8-18)14-12-24-22(27)26-13-6-11-21(17-26)30(28,29)20-10-5-9-19(23)15-20/h2-5,7-10,15,21H,6,11-14,16-17H2,1H3,(H,24,27). The number of hydrogen-bond donors (Lipinski definition) is 1. The molecule has 1 N–H and O–H groups in total. The molecule has 8 heteroatoms. The van der Waals surface area contributed by atoms with E-state index in [1.807, 2.05) is 25.2 Å². The van der Waals surface area contributed by atoms with Crippen LogP contribution in [-0.4, -0.2) is 62.7 Å². The van der Waals surface area contributed by atoms with Crippen molar-refractivity contribution < 1.29 is 13.2 Å². The number of sulfone groups is 1. The average Bonchev–Trinajstić information content (AvgIpc) is 2.74. The van der Waals surface area contributed by atoms with E-state index in [0.717, 1.165) is 6.54 Å². The van der Waals surface area contributed by atoms with Crippen LogP contribution in [0.1, 0.15) is 18.4 Å². The summed E-state index contributed by atoms with van der Waals surface area (Å²) in [4.78, 5) is 16.5. The van der Waals surface area contributed by atoms with Gasteiger partial charge in [-0.3, -0.25) is 0 Å². The summed E-state index contributed by atoms with van der Waals surface area (Å²) < 4.78 is 25.9. The van der Waals surface area contributed by atoms with Crippen molar-refractivity contribution in [2.45, 2.75) is 29.5 Å². The van der Waals surface area contributed by atoms with Crippen molar-refractivity contribution in [3.8, 4) is 0 Å². The Bertz CT molecular complexity index is 953. The van der Waals surface area contributed by atoms with Gasteiger partial charge in [-0.2, -0.15) is 0 Å². The summed E-state index contributed by atoms with van der Waals surface area (Å²) in [6.07, 6.45) is 1.20. The zero-order valence-corrected chi connectivity index (χ0v) is 18.7. The maximum Gasteiger partial charge on any atom is 0.317 e. The van der Waals surface area contributed by atoms with E-state index in [0.29, 0.717) is 37.5 Å². The number of carbonyl (C=O) groups is 1. The number of rotatable bonds is 7. The number of likely N-dealkylation sites (N-methyl/N-ethyl adjacent to an activating group) is 1. The van der Waals surface area contributed by atoms with Crippen LogP contribution in [0.15, 0.2) is 59.5 Å². The van der Waals surface area contributed by atoms with E-state index in [2.05, 4.69) is 22.3 Å². The maximum absolute atomic E-state index is 13.0. The molecule has 1 fully saturated rings. The molecule has 1 saturated heterocycles. The van der Waals surface area contributed by atoms with E-state index in [1.54, 1.807) is 23.1 Å². The number of likely N-dealkylation sites (tertiary alicyclic amines) is 1. The monoisotopic (exact) mass is 449 g/mol. The van der Waals surface area contributed by atoms with Crippen LogP contribution in [0.3, 0.4) is 0 Å². The molecule has 1 heterocycles. The Morgan fingerprint density at radius 2 is 1.97 bits per heavy atom. The van der Waals surface area contributed by atoms with E-state index in [1.165, 1.54) is 11.6 Å². The highest BCUT2D eigenvalue weighted by Gasteiger charge is 2.33. The third kappa shape index (κ3) is 5.97. The molecule has 2 amide bonds. The predicted octanol–water partition coefficient (Wildman–Crippen LogP) is 3.42. The first-order valence-corrected chi connectivity index (χ1v) is 12.0. The predicted molar refractivity (Wildman–Crippen MR) is 119 cm³/mol. The molecular weight excluding hydrogens is 422 g/mol. The molecule has 1 aliphatic rings. The molecule has 6 nitrogen and oxygen atoms in total. The van der Waals surface area contributed by atoms with Crippen LogP contribution in [0.25, 0.3) is 0 Å². The van der Waals surface area contributed by atoms with Crippen LogP contribution in [0.5, 0.6) is 0 Å². The summed E-state index contributed by atoms with van der Waals surface area (Å²) in [5, 5.41) is 2.69. The number of piperidine rings is 1. The van der Waals surface area contributed by atoms with Gasteiger partial charge in [-0.1, -0.05) is 48.0 Å². The molecule has 1 aliphatic heterocycles. The van der Waals surface area contributed by atoms with E-state index in [9.17, 15) is 13.2 Å². The Morgan fingerprint density at radius 3 is 2.70 bits per heavy atom. The van der Waals surface area contributed by atoms with Crippen molar-refractivity contribution >= 4 is 27.5 Å². The van der Waals surface area contributed by atoms with Crippen molar-refractivity contribution in [2.75, 3.05) is 33.2 Å². The van der Waals surface area contributed by atoms with Crippen molar-refractivity contribution in [1.29, 1.82) is 0 Å². The van der Waals surface area contributed by atoms with E-state index in [4.69, 9.17) is 11.6 Å². The van der Waals surface area contributed by atoms with Crippen LogP contribution in [-0.2, 0) is 16.4 Å². The molecule has 0 bridgehead atoms. The molecule has 1 atom stereocenters. The molecule has 2 aromatic carbocycles. The summed E-state index contributed by atoms with van der Waals surface area (Å²) >= 11 is 5.96. The number of carbonyl (C=O) groups excluding carboxylic acids is 1. The lowest BCUT2D eigenvalue weighted by molar-refractivity contribution is 0.185. The fraction of sp³-hybridized carbons (Fsp3) is 0.409. The van der Waals surface area contributed by atoms with Gasteiger partial charge in [0.15, 0.2) is 9.84 Å². The van der Waals surface area contributed by atoms with Crippen LogP contribution < -0.4 is 5.32 Å². The average molecular weight is 450 g/mol. The lowest BCUT2D eigenvalue weighted by Crippen LogP contribution is -2.50. The van der Waals surface area contributed by atoms with Gasteiger partial charge in [-0.25, -0.2) is 13.2 Å². The largest absolute Gasteiger partial charge is 0.337 e. The molecule has 0 aromatic heterocycles. The fourth-order valence-electron chi connectivity index (χ4n) is 3.65. The molecule has 1 unspecified atom stereocenters. The number of hydrogen-bond acceptors (Lipinski definition) is 4. The number of halogens is 1. The topological polar surface area (TPSA) is 69.7 Å². The van der Waals surface area contributed by atoms with Crippen molar-refractivity contribution in [1.82, 2.24) is 15.1 Å². The number of benzene rings is 2. The van der Waals surface area contributed by atoms with Gasteiger partial charge in [0.1, 0.15) is 0 Å². The number of amides is 2. The Hall–Kier alpha value is -2.09.